The second-order valence-electron chi connectivity index (χ2n) is 7.73. The monoisotopic (exact) mass is 374 g/mol. The second kappa shape index (κ2) is 6.86. The number of H-pyrrole nitrogens is 1. The van der Waals surface area contributed by atoms with Gasteiger partial charge in [0.2, 0.25) is 11.8 Å². The largest absolute Gasteiger partial charge is 0.352 e. The Morgan fingerprint density at radius 3 is 2.63 bits per heavy atom. The van der Waals surface area contributed by atoms with Gasteiger partial charge in [-0.05, 0) is 25.7 Å². The maximum atomic E-state index is 13.1. The Hall–Kier alpha value is -2.58. The summed E-state index contributed by atoms with van der Waals surface area (Å²) >= 11 is 0. The minimum atomic E-state index is -0.706. The van der Waals surface area contributed by atoms with Crippen LogP contribution in [-0.4, -0.2) is 63.8 Å². The molecular weight excluding hydrogens is 348 g/mol. The summed E-state index contributed by atoms with van der Waals surface area (Å²) in [6.45, 7) is 1.66. The maximum absolute atomic E-state index is 13.1. The van der Waals surface area contributed by atoms with Crippen LogP contribution in [0.5, 0.6) is 0 Å². The maximum Gasteiger partial charge on any atom is 0.312 e. The third-order valence-electron chi connectivity index (χ3n) is 6.34. The highest BCUT2D eigenvalue weighted by Crippen LogP contribution is 2.44. The van der Waals surface area contributed by atoms with Gasteiger partial charge in [-0.3, -0.25) is 9.59 Å². The Kier molecular flexibility index (Phi) is 4.53. The van der Waals surface area contributed by atoms with Gasteiger partial charge in [0.1, 0.15) is 0 Å². The minimum absolute atomic E-state index is 0.0965. The first kappa shape index (κ1) is 17.8. The van der Waals surface area contributed by atoms with Gasteiger partial charge in [0.25, 0.3) is 0 Å². The number of nitrogens with two attached hydrogens (primary N) is 1. The number of carbonyl (C=O) groups is 3. The molecule has 3 aliphatic rings. The summed E-state index contributed by atoms with van der Waals surface area (Å²) in [7, 11) is 0. The van der Waals surface area contributed by atoms with E-state index in [0.29, 0.717) is 32.5 Å². The number of nitrogens with zero attached hydrogens (tertiary/aromatic N) is 3. The van der Waals surface area contributed by atoms with E-state index in [-0.39, 0.29) is 24.3 Å². The van der Waals surface area contributed by atoms with Crippen molar-refractivity contribution in [1.29, 1.82) is 0 Å². The summed E-state index contributed by atoms with van der Waals surface area (Å²) in [5.41, 5.74) is 6.67. The molecule has 1 aromatic heterocycles. The number of nitrogens with one attached hydrogen (secondary N) is 2. The molecule has 0 unspecified atom stereocenters. The van der Waals surface area contributed by atoms with E-state index in [0.717, 1.165) is 37.1 Å². The molecule has 4 rings (SSSR count). The summed E-state index contributed by atoms with van der Waals surface area (Å²) in [6.07, 6.45) is 6.89. The summed E-state index contributed by atoms with van der Waals surface area (Å²) in [6, 6.07) is -0.706. The fraction of sp³-hybridized carbons (Fsp3) is 0.667. The summed E-state index contributed by atoms with van der Waals surface area (Å²) in [5, 5.41) is 2.35. The third-order valence-corrected chi connectivity index (χ3v) is 6.34. The molecule has 146 valence electrons. The van der Waals surface area contributed by atoms with E-state index in [2.05, 4.69) is 15.3 Å². The molecule has 1 aliphatic carbocycles. The molecule has 0 bridgehead atoms. The van der Waals surface area contributed by atoms with Crippen LogP contribution in [0.15, 0.2) is 6.33 Å². The van der Waals surface area contributed by atoms with Crippen LogP contribution in [0.1, 0.15) is 43.5 Å². The highest BCUT2D eigenvalue weighted by molar-refractivity contribution is 5.84. The molecule has 9 nitrogen and oxygen atoms in total. The number of hydrogen-bond donors (Lipinski definition) is 3. The highest BCUT2D eigenvalue weighted by atomic mass is 16.2. The molecule has 9 heteroatoms. The molecule has 1 spiro atoms. The van der Waals surface area contributed by atoms with Crippen molar-refractivity contribution < 1.29 is 14.4 Å². The van der Waals surface area contributed by atoms with Gasteiger partial charge in [0, 0.05) is 37.7 Å². The van der Waals surface area contributed by atoms with Gasteiger partial charge < -0.3 is 25.8 Å². The van der Waals surface area contributed by atoms with Crippen molar-refractivity contribution in [1.82, 2.24) is 25.1 Å². The number of carbonyl (C=O) groups excluding carboxylic acids is 3. The number of primary amides is 1. The number of urea groups is 1. The fourth-order valence-electron chi connectivity index (χ4n) is 4.58. The number of amides is 4. The number of aromatic amines is 1. The number of piperidine rings is 1. The summed E-state index contributed by atoms with van der Waals surface area (Å²) in [5.74, 6) is 0.227. The average Bonchev–Trinajstić information content (AvgIpc) is 3.09. The molecule has 1 saturated heterocycles. The minimum Gasteiger partial charge on any atom is -0.352 e. The summed E-state index contributed by atoms with van der Waals surface area (Å²) < 4.78 is 0. The smallest absolute Gasteiger partial charge is 0.312 e. The van der Waals surface area contributed by atoms with Crippen molar-refractivity contribution >= 4 is 17.8 Å². The van der Waals surface area contributed by atoms with Crippen molar-refractivity contribution in [3.8, 4) is 0 Å². The lowest BCUT2D eigenvalue weighted by Gasteiger charge is -2.51. The van der Waals surface area contributed by atoms with Gasteiger partial charge in [-0.2, -0.15) is 0 Å². The Balaban J connectivity index is 1.53. The standard InChI is InChI=1S/C18H26N6O3/c19-17(27)20-10-14(25)23-8-5-18(6-9-23)15-13(21-11-22-15)4-7-24(18)16(26)12-2-1-3-12/h11-12H,1-10H2,(H,21,22)(H3,19,20,27). The Morgan fingerprint density at radius 1 is 1.26 bits per heavy atom. The number of likely N-dealkylation sites (tertiary alicyclic amines) is 1. The van der Waals surface area contributed by atoms with E-state index >= 15 is 0 Å². The van der Waals surface area contributed by atoms with Gasteiger partial charge >= 0.3 is 6.03 Å². The highest BCUT2D eigenvalue weighted by Gasteiger charge is 2.50. The number of hydrogen-bond acceptors (Lipinski definition) is 4. The van der Waals surface area contributed by atoms with E-state index in [1.807, 2.05) is 4.90 Å². The van der Waals surface area contributed by atoms with Gasteiger partial charge in [0.15, 0.2) is 0 Å². The predicted octanol–water partition coefficient (Wildman–Crippen LogP) is 0.0805. The fourth-order valence-corrected chi connectivity index (χ4v) is 4.58. The van der Waals surface area contributed by atoms with Crippen LogP contribution in [0.3, 0.4) is 0 Å². The van der Waals surface area contributed by atoms with Crippen LogP contribution >= 0.6 is 0 Å². The van der Waals surface area contributed by atoms with Gasteiger partial charge in [-0.1, -0.05) is 6.42 Å². The average molecular weight is 374 g/mol. The summed E-state index contributed by atoms with van der Waals surface area (Å²) in [4.78, 5) is 47.8. The van der Waals surface area contributed by atoms with Crippen LogP contribution in [0, 0.1) is 5.92 Å². The van der Waals surface area contributed by atoms with Crippen molar-refractivity contribution in [2.75, 3.05) is 26.2 Å². The van der Waals surface area contributed by atoms with Crippen LogP contribution in [0.4, 0.5) is 4.79 Å². The van der Waals surface area contributed by atoms with E-state index < -0.39 is 11.6 Å². The zero-order valence-corrected chi connectivity index (χ0v) is 15.4. The third kappa shape index (κ3) is 3.04. The topological polar surface area (TPSA) is 124 Å². The molecule has 1 aromatic rings. The number of aromatic nitrogens is 2. The van der Waals surface area contributed by atoms with E-state index in [4.69, 9.17) is 5.73 Å². The van der Waals surface area contributed by atoms with Crippen LogP contribution in [-0.2, 0) is 21.5 Å². The van der Waals surface area contributed by atoms with E-state index in [1.165, 1.54) is 0 Å². The predicted molar refractivity (Wildman–Crippen MR) is 96.4 cm³/mol. The molecule has 2 fully saturated rings. The number of imidazole rings is 1. The quantitative estimate of drug-likeness (QED) is 0.693. The Labute approximate surface area is 157 Å². The zero-order chi connectivity index (χ0) is 19.0. The molecule has 0 aromatic carbocycles. The molecule has 2 aliphatic heterocycles. The zero-order valence-electron chi connectivity index (χ0n) is 15.4. The second-order valence-corrected chi connectivity index (χ2v) is 7.73. The molecule has 0 radical (unpaired) electrons. The van der Waals surface area contributed by atoms with Gasteiger partial charge in [-0.25, -0.2) is 9.78 Å². The first-order valence-corrected chi connectivity index (χ1v) is 9.66. The number of rotatable bonds is 3. The van der Waals surface area contributed by atoms with Crippen LogP contribution in [0.2, 0.25) is 0 Å². The van der Waals surface area contributed by atoms with Crippen molar-refractivity contribution in [3.05, 3.63) is 17.7 Å². The first-order valence-electron chi connectivity index (χ1n) is 9.66. The molecule has 0 atom stereocenters. The molecular formula is C18H26N6O3. The number of fused-ring (bicyclic) bond motifs is 2. The van der Waals surface area contributed by atoms with Crippen LogP contribution < -0.4 is 11.1 Å². The molecule has 3 heterocycles. The Morgan fingerprint density at radius 2 is 2.00 bits per heavy atom. The van der Waals surface area contributed by atoms with Gasteiger partial charge in [-0.15, -0.1) is 0 Å². The normalized spacial score (nSPS) is 21.5. The van der Waals surface area contributed by atoms with Crippen LogP contribution in [0.25, 0.3) is 0 Å². The SMILES string of the molecule is NC(=O)NCC(=O)N1CCC2(CC1)c1nc[nH]c1CCN2C(=O)C1CCC1. The van der Waals surface area contributed by atoms with Gasteiger partial charge in [0.05, 0.1) is 24.1 Å². The molecule has 1 saturated carbocycles. The molecule has 4 amide bonds. The van der Waals surface area contributed by atoms with E-state index in [9.17, 15) is 14.4 Å². The van der Waals surface area contributed by atoms with Crippen molar-refractivity contribution in [3.63, 3.8) is 0 Å². The lowest BCUT2D eigenvalue weighted by atomic mass is 9.76. The van der Waals surface area contributed by atoms with Crippen molar-refractivity contribution in [2.45, 2.75) is 44.1 Å². The Bertz CT molecular complexity index is 748. The lowest BCUT2D eigenvalue weighted by molar-refractivity contribution is -0.150. The molecule has 27 heavy (non-hydrogen) atoms. The van der Waals surface area contributed by atoms with E-state index in [1.54, 1.807) is 11.2 Å². The lowest BCUT2D eigenvalue weighted by Crippen LogP contribution is -2.60. The first-order chi connectivity index (χ1) is 13.0. The van der Waals surface area contributed by atoms with Crippen molar-refractivity contribution in [2.24, 2.45) is 11.7 Å². The molecule has 4 N–H and O–H groups in total.